The van der Waals surface area contributed by atoms with Crippen molar-refractivity contribution in [2.45, 2.75) is 76.7 Å². The van der Waals surface area contributed by atoms with Gasteiger partial charge in [-0.2, -0.15) is 0 Å². The first-order valence-electron chi connectivity index (χ1n) is 9.09. The molecule has 0 atom stereocenters. The Morgan fingerprint density at radius 1 is 0.909 bits per heavy atom. The van der Waals surface area contributed by atoms with Gasteiger partial charge in [-0.05, 0) is 55.7 Å². The molecule has 0 aliphatic heterocycles. The Labute approximate surface area is 136 Å². The molecule has 0 radical (unpaired) electrons. The highest BCUT2D eigenvalue weighted by Crippen LogP contribution is 2.34. The summed E-state index contributed by atoms with van der Waals surface area (Å²) in [6.45, 7) is 3.22. The van der Waals surface area contributed by atoms with E-state index in [9.17, 15) is 0 Å². The maximum Gasteiger partial charge on any atom is 0.118 e. The molecule has 0 spiro atoms. The second-order valence-electron chi connectivity index (χ2n) is 6.53. The van der Waals surface area contributed by atoms with E-state index in [2.05, 4.69) is 31.2 Å². The van der Waals surface area contributed by atoms with Crippen LogP contribution in [0, 0.1) is 0 Å². The zero-order valence-electron chi connectivity index (χ0n) is 14.4. The summed E-state index contributed by atoms with van der Waals surface area (Å²) < 4.78 is 11.3. The highest BCUT2D eigenvalue weighted by molar-refractivity contribution is 5.29. The van der Waals surface area contributed by atoms with Crippen LogP contribution in [0.5, 0.6) is 5.75 Å². The van der Waals surface area contributed by atoms with Gasteiger partial charge < -0.3 is 9.47 Å². The number of unbranched alkanes of at least 4 members (excludes halogenated alkanes) is 4. The molecule has 0 aromatic heterocycles. The quantitative estimate of drug-likeness (QED) is 0.544. The van der Waals surface area contributed by atoms with Crippen LogP contribution < -0.4 is 4.74 Å². The van der Waals surface area contributed by atoms with Crippen molar-refractivity contribution in [2.75, 3.05) is 13.7 Å². The van der Waals surface area contributed by atoms with Gasteiger partial charge in [-0.1, -0.05) is 44.7 Å². The van der Waals surface area contributed by atoms with Gasteiger partial charge in [0.15, 0.2) is 0 Å². The Kier molecular flexibility index (Phi) is 7.79. The van der Waals surface area contributed by atoms with Gasteiger partial charge in [-0.25, -0.2) is 0 Å². The molecular formula is C20H32O2. The Bertz CT molecular complexity index is 391. The average Bonchev–Trinajstić information content (AvgIpc) is 2.59. The van der Waals surface area contributed by atoms with E-state index in [4.69, 9.17) is 9.47 Å². The van der Waals surface area contributed by atoms with Gasteiger partial charge in [0.25, 0.3) is 0 Å². The van der Waals surface area contributed by atoms with Crippen LogP contribution in [-0.2, 0) is 4.74 Å². The third kappa shape index (κ3) is 5.64. The molecule has 1 fully saturated rings. The molecule has 22 heavy (non-hydrogen) atoms. The fourth-order valence-electron chi connectivity index (χ4n) is 3.39. The standard InChI is InChI=1S/C20H32O2/c1-3-4-5-6-7-16-22-20-14-10-18(11-15-20)17-8-12-19(21-2)13-9-17/h8-9,12-13,18,20H,3-7,10-11,14-16H2,1-2H3. The van der Waals surface area contributed by atoms with Gasteiger partial charge in [-0.15, -0.1) is 0 Å². The predicted octanol–water partition coefficient (Wildman–Crippen LogP) is 5.71. The average molecular weight is 304 g/mol. The van der Waals surface area contributed by atoms with Crippen LogP contribution in [0.4, 0.5) is 0 Å². The lowest BCUT2D eigenvalue weighted by atomic mass is 9.83. The minimum absolute atomic E-state index is 0.501. The fraction of sp³-hybridized carbons (Fsp3) is 0.700. The molecular weight excluding hydrogens is 272 g/mol. The summed E-state index contributed by atoms with van der Waals surface area (Å²) in [5.74, 6) is 1.65. The van der Waals surface area contributed by atoms with E-state index in [0.717, 1.165) is 12.4 Å². The van der Waals surface area contributed by atoms with Gasteiger partial charge in [0, 0.05) is 6.61 Å². The largest absolute Gasteiger partial charge is 0.497 e. The molecule has 0 heterocycles. The molecule has 124 valence electrons. The van der Waals surface area contributed by atoms with Crippen molar-refractivity contribution in [3.8, 4) is 5.75 Å². The Balaban J connectivity index is 1.62. The van der Waals surface area contributed by atoms with Crippen molar-refractivity contribution in [1.82, 2.24) is 0 Å². The van der Waals surface area contributed by atoms with Crippen molar-refractivity contribution in [2.24, 2.45) is 0 Å². The van der Waals surface area contributed by atoms with Crippen molar-refractivity contribution in [3.63, 3.8) is 0 Å². The van der Waals surface area contributed by atoms with E-state index in [1.165, 1.54) is 63.4 Å². The smallest absolute Gasteiger partial charge is 0.118 e. The highest BCUT2D eigenvalue weighted by Gasteiger charge is 2.22. The predicted molar refractivity (Wildman–Crippen MR) is 92.7 cm³/mol. The second kappa shape index (κ2) is 9.89. The second-order valence-corrected chi connectivity index (χ2v) is 6.53. The van der Waals surface area contributed by atoms with E-state index in [-0.39, 0.29) is 0 Å². The molecule has 1 aromatic rings. The van der Waals surface area contributed by atoms with Gasteiger partial charge in [0.2, 0.25) is 0 Å². The minimum Gasteiger partial charge on any atom is -0.497 e. The third-order valence-electron chi connectivity index (χ3n) is 4.86. The van der Waals surface area contributed by atoms with Crippen molar-refractivity contribution < 1.29 is 9.47 Å². The Hall–Kier alpha value is -1.02. The lowest BCUT2D eigenvalue weighted by Crippen LogP contribution is -2.21. The molecule has 1 saturated carbocycles. The van der Waals surface area contributed by atoms with E-state index >= 15 is 0 Å². The Morgan fingerprint density at radius 2 is 1.59 bits per heavy atom. The van der Waals surface area contributed by atoms with Crippen molar-refractivity contribution >= 4 is 0 Å². The number of hydrogen-bond acceptors (Lipinski definition) is 2. The topological polar surface area (TPSA) is 18.5 Å². The molecule has 2 heteroatoms. The SMILES string of the molecule is CCCCCCCOC1CCC(c2ccc(OC)cc2)CC1. The van der Waals surface area contributed by atoms with Crippen LogP contribution >= 0.6 is 0 Å². The summed E-state index contributed by atoms with van der Waals surface area (Å²) >= 11 is 0. The lowest BCUT2D eigenvalue weighted by Gasteiger charge is -2.29. The van der Waals surface area contributed by atoms with E-state index in [0.29, 0.717) is 12.0 Å². The Morgan fingerprint density at radius 3 is 2.23 bits per heavy atom. The fourth-order valence-corrected chi connectivity index (χ4v) is 3.39. The van der Waals surface area contributed by atoms with Gasteiger partial charge >= 0.3 is 0 Å². The van der Waals surface area contributed by atoms with E-state index in [1.54, 1.807) is 7.11 Å². The number of rotatable bonds is 9. The van der Waals surface area contributed by atoms with Crippen LogP contribution in [0.2, 0.25) is 0 Å². The molecule has 2 nitrogen and oxygen atoms in total. The number of methoxy groups -OCH3 is 1. The zero-order chi connectivity index (χ0) is 15.6. The molecule has 0 unspecified atom stereocenters. The van der Waals surface area contributed by atoms with Crippen molar-refractivity contribution in [3.05, 3.63) is 29.8 Å². The summed E-state index contributed by atoms with van der Waals surface area (Å²) in [6, 6.07) is 8.60. The maximum absolute atomic E-state index is 6.06. The van der Waals surface area contributed by atoms with Crippen LogP contribution in [0.1, 0.15) is 76.2 Å². The first kappa shape index (κ1) is 17.3. The molecule has 0 amide bonds. The number of benzene rings is 1. The van der Waals surface area contributed by atoms with Crippen molar-refractivity contribution in [1.29, 1.82) is 0 Å². The molecule has 1 aliphatic carbocycles. The van der Waals surface area contributed by atoms with Gasteiger partial charge in [-0.3, -0.25) is 0 Å². The normalized spacial score (nSPS) is 21.7. The highest BCUT2D eigenvalue weighted by atomic mass is 16.5. The van der Waals surface area contributed by atoms with Gasteiger partial charge in [0.1, 0.15) is 5.75 Å². The lowest BCUT2D eigenvalue weighted by molar-refractivity contribution is 0.0226. The molecule has 1 aliphatic rings. The molecule has 2 rings (SSSR count). The first-order chi connectivity index (χ1) is 10.8. The van der Waals surface area contributed by atoms with E-state index < -0.39 is 0 Å². The van der Waals surface area contributed by atoms with Crippen LogP contribution in [0.3, 0.4) is 0 Å². The van der Waals surface area contributed by atoms with E-state index in [1.807, 2.05) is 0 Å². The molecule has 0 bridgehead atoms. The monoisotopic (exact) mass is 304 g/mol. The molecule has 0 saturated heterocycles. The molecule has 1 aromatic carbocycles. The summed E-state index contributed by atoms with van der Waals surface area (Å²) in [5, 5.41) is 0. The maximum atomic E-state index is 6.06. The van der Waals surface area contributed by atoms with Crippen LogP contribution in [-0.4, -0.2) is 19.8 Å². The molecule has 0 N–H and O–H groups in total. The first-order valence-corrected chi connectivity index (χ1v) is 9.09. The summed E-state index contributed by atoms with van der Waals surface area (Å²) in [7, 11) is 1.72. The van der Waals surface area contributed by atoms with Crippen LogP contribution in [0.25, 0.3) is 0 Å². The summed E-state index contributed by atoms with van der Waals surface area (Å²) in [6.07, 6.45) is 12.1. The number of hydrogen-bond donors (Lipinski definition) is 0. The third-order valence-corrected chi connectivity index (χ3v) is 4.86. The minimum atomic E-state index is 0.501. The number of ether oxygens (including phenoxy) is 2. The van der Waals surface area contributed by atoms with Gasteiger partial charge in [0.05, 0.1) is 13.2 Å². The summed E-state index contributed by atoms with van der Waals surface area (Å²) in [4.78, 5) is 0. The van der Waals surface area contributed by atoms with Crippen LogP contribution in [0.15, 0.2) is 24.3 Å². The summed E-state index contributed by atoms with van der Waals surface area (Å²) in [5.41, 5.74) is 1.46. The zero-order valence-corrected chi connectivity index (χ0v) is 14.4.